The van der Waals surface area contributed by atoms with E-state index in [2.05, 4.69) is 20.5 Å². The van der Waals surface area contributed by atoms with Crippen LogP contribution in [0, 0.1) is 6.92 Å². The number of benzene rings is 1. The Labute approximate surface area is 162 Å². The van der Waals surface area contributed by atoms with E-state index < -0.39 is 0 Å². The van der Waals surface area contributed by atoms with Gasteiger partial charge in [-0.15, -0.1) is 11.3 Å². The van der Waals surface area contributed by atoms with E-state index in [-0.39, 0.29) is 0 Å². The molecule has 0 atom stereocenters. The van der Waals surface area contributed by atoms with Crippen LogP contribution in [0.15, 0.2) is 23.3 Å². The van der Waals surface area contributed by atoms with Crippen LogP contribution in [0.1, 0.15) is 34.7 Å². The lowest BCUT2D eigenvalue weighted by molar-refractivity contribution is 0.355. The Morgan fingerprint density at radius 2 is 1.93 bits per heavy atom. The lowest BCUT2D eigenvalue weighted by atomic mass is 9.97. The van der Waals surface area contributed by atoms with Crippen LogP contribution < -0.4 is 14.9 Å². The summed E-state index contributed by atoms with van der Waals surface area (Å²) in [5.74, 6) is 2.91. The Kier molecular flexibility index (Phi) is 4.94. The molecule has 1 aromatic carbocycles. The van der Waals surface area contributed by atoms with Gasteiger partial charge in [-0.3, -0.25) is 5.43 Å². The third kappa shape index (κ3) is 3.47. The zero-order valence-corrected chi connectivity index (χ0v) is 16.5. The van der Waals surface area contributed by atoms with Crippen molar-refractivity contribution in [1.29, 1.82) is 0 Å². The minimum atomic E-state index is 0.675. The van der Waals surface area contributed by atoms with E-state index in [1.807, 2.05) is 25.1 Å². The van der Waals surface area contributed by atoms with Gasteiger partial charge in [0.05, 0.1) is 25.8 Å². The first-order valence-corrected chi connectivity index (χ1v) is 9.81. The van der Waals surface area contributed by atoms with Crippen molar-refractivity contribution in [1.82, 2.24) is 9.97 Å². The normalized spacial score (nSPS) is 13.7. The highest BCUT2D eigenvalue weighted by Crippen LogP contribution is 2.38. The average molecular weight is 382 g/mol. The van der Waals surface area contributed by atoms with Gasteiger partial charge in [-0.05, 0) is 61.9 Å². The highest BCUT2D eigenvalue weighted by molar-refractivity contribution is 7.19. The molecule has 0 saturated carbocycles. The molecule has 2 aromatic heterocycles. The first-order chi connectivity index (χ1) is 13.2. The van der Waals surface area contributed by atoms with E-state index >= 15 is 0 Å². The molecular weight excluding hydrogens is 360 g/mol. The first kappa shape index (κ1) is 17.7. The van der Waals surface area contributed by atoms with Crippen molar-refractivity contribution < 1.29 is 9.47 Å². The van der Waals surface area contributed by atoms with Crippen LogP contribution in [-0.4, -0.2) is 30.4 Å². The van der Waals surface area contributed by atoms with Gasteiger partial charge in [0, 0.05) is 4.88 Å². The molecule has 3 aromatic rings. The van der Waals surface area contributed by atoms with Gasteiger partial charge in [-0.1, -0.05) is 0 Å². The summed E-state index contributed by atoms with van der Waals surface area (Å²) in [7, 11) is 3.24. The number of aryl methyl sites for hydroxylation is 3. The summed E-state index contributed by atoms with van der Waals surface area (Å²) in [6, 6.07) is 5.68. The van der Waals surface area contributed by atoms with Crippen molar-refractivity contribution in [3.05, 3.63) is 40.0 Å². The number of fused-ring (bicyclic) bond motifs is 3. The Balaban J connectivity index is 1.64. The van der Waals surface area contributed by atoms with Gasteiger partial charge in [0.15, 0.2) is 17.3 Å². The molecule has 0 unspecified atom stereocenters. The highest BCUT2D eigenvalue weighted by atomic mass is 32.1. The highest BCUT2D eigenvalue weighted by Gasteiger charge is 2.20. The monoisotopic (exact) mass is 382 g/mol. The maximum Gasteiger partial charge on any atom is 0.161 e. The summed E-state index contributed by atoms with van der Waals surface area (Å²) in [6.45, 7) is 1.92. The predicted molar refractivity (Wildman–Crippen MR) is 110 cm³/mol. The van der Waals surface area contributed by atoms with E-state index in [1.54, 1.807) is 31.8 Å². The maximum atomic E-state index is 5.34. The standard InChI is InChI=1S/C20H22N4O2S/c1-12-22-19(18-14-6-4-5-7-17(14)27-20(18)23-12)24-21-11-13-8-9-15(25-2)16(10-13)26-3/h8-11H,4-7H2,1-3H3,(H,22,23,24)/b21-11+. The Morgan fingerprint density at radius 3 is 2.74 bits per heavy atom. The molecule has 27 heavy (non-hydrogen) atoms. The van der Waals surface area contributed by atoms with Crippen LogP contribution in [-0.2, 0) is 12.8 Å². The van der Waals surface area contributed by atoms with Gasteiger partial charge >= 0.3 is 0 Å². The van der Waals surface area contributed by atoms with Gasteiger partial charge in [0.1, 0.15) is 10.7 Å². The molecule has 0 spiro atoms. The van der Waals surface area contributed by atoms with Crippen LogP contribution in [0.4, 0.5) is 5.82 Å². The molecule has 0 bridgehead atoms. The third-order valence-electron chi connectivity index (χ3n) is 4.72. The minimum absolute atomic E-state index is 0.675. The fraction of sp³-hybridized carbons (Fsp3) is 0.350. The molecule has 140 valence electrons. The molecule has 1 N–H and O–H groups in total. The van der Waals surface area contributed by atoms with E-state index in [4.69, 9.17) is 9.47 Å². The molecule has 1 aliphatic carbocycles. The van der Waals surface area contributed by atoms with E-state index in [0.29, 0.717) is 11.5 Å². The number of hydrazone groups is 1. The van der Waals surface area contributed by atoms with Crippen molar-refractivity contribution in [2.75, 3.05) is 19.6 Å². The second-order valence-electron chi connectivity index (χ2n) is 6.49. The van der Waals surface area contributed by atoms with Gasteiger partial charge in [0.25, 0.3) is 0 Å². The lowest BCUT2D eigenvalue weighted by Gasteiger charge is -2.11. The smallest absolute Gasteiger partial charge is 0.161 e. The SMILES string of the molecule is COc1ccc(/C=N/Nc2nc(C)nc3sc4c(c23)CCCC4)cc1OC. The van der Waals surface area contributed by atoms with Crippen LogP contribution in [0.25, 0.3) is 10.2 Å². The molecule has 6 nitrogen and oxygen atoms in total. The third-order valence-corrected chi connectivity index (χ3v) is 5.90. The van der Waals surface area contributed by atoms with E-state index in [9.17, 15) is 0 Å². The molecule has 0 aliphatic heterocycles. The Morgan fingerprint density at radius 1 is 1.11 bits per heavy atom. The quantitative estimate of drug-likeness (QED) is 0.525. The fourth-order valence-electron chi connectivity index (χ4n) is 3.45. The van der Waals surface area contributed by atoms with Crippen molar-refractivity contribution in [2.45, 2.75) is 32.6 Å². The summed E-state index contributed by atoms with van der Waals surface area (Å²) >= 11 is 1.79. The van der Waals surface area contributed by atoms with Gasteiger partial charge in [0.2, 0.25) is 0 Å². The topological polar surface area (TPSA) is 68.6 Å². The van der Waals surface area contributed by atoms with Gasteiger partial charge in [-0.2, -0.15) is 5.10 Å². The molecule has 0 fully saturated rings. The fourth-order valence-corrected chi connectivity index (χ4v) is 4.75. The number of methoxy groups -OCH3 is 2. The van der Waals surface area contributed by atoms with Crippen LogP contribution in [0.2, 0.25) is 0 Å². The summed E-state index contributed by atoms with van der Waals surface area (Å²) < 4.78 is 10.6. The largest absolute Gasteiger partial charge is 0.493 e. The summed E-state index contributed by atoms with van der Waals surface area (Å²) in [5, 5.41) is 5.53. The van der Waals surface area contributed by atoms with Crippen LogP contribution in [0.3, 0.4) is 0 Å². The molecule has 0 amide bonds. The van der Waals surface area contributed by atoms with Crippen molar-refractivity contribution >= 4 is 33.6 Å². The number of aromatic nitrogens is 2. The number of rotatable bonds is 5. The molecule has 0 saturated heterocycles. The average Bonchev–Trinajstić information content (AvgIpc) is 3.05. The lowest BCUT2D eigenvalue weighted by Crippen LogP contribution is -2.02. The second kappa shape index (κ2) is 7.52. The first-order valence-electron chi connectivity index (χ1n) is 8.99. The molecule has 0 radical (unpaired) electrons. The Bertz CT molecular complexity index is 1010. The van der Waals surface area contributed by atoms with Gasteiger partial charge < -0.3 is 9.47 Å². The molecule has 2 heterocycles. The summed E-state index contributed by atoms with van der Waals surface area (Å²) in [5.41, 5.74) is 5.44. The number of thiophene rings is 1. The number of nitrogens with zero attached hydrogens (tertiary/aromatic N) is 3. The Hall–Kier alpha value is -2.67. The van der Waals surface area contributed by atoms with E-state index in [0.717, 1.165) is 40.3 Å². The van der Waals surface area contributed by atoms with Crippen molar-refractivity contribution in [2.24, 2.45) is 5.10 Å². The minimum Gasteiger partial charge on any atom is -0.493 e. The van der Waals surface area contributed by atoms with Crippen molar-refractivity contribution in [3.63, 3.8) is 0 Å². The van der Waals surface area contributed by atoms with Crippen LogP contribution >= 0.6 is 11.3 Å². The zero-order valence-electron chi connectivity index (χ0n) is 15.7. The molecular formula is C20H22N4O2S. The number of hydrogen-bond donors (Lipinski definition) is 1. The number of nitrogens with one attached hydrogen (secondary N) is 1. The summed E-state index contributed by atoms with van der Waals surface area (Å²) in [4.78, 5) is 11.7. The molecule has 7 heteroatoms. The van der Waals surface area contributed by atoms with Crippen molar-refractivity contribution in [3.8, 4) is 11.5 Å². The summed E-state index contributed by atoms with van der Waals surface area (Å²) in [6.07, 6.45) is 6.47. The molecule has 4 rings (SSSR count). The maximum absolute atomic E-state index is 5.34. The van der Waals surface area contributed by atoms with Crippen LogP contribution in [0.5, 0.6) is 11.5 Å². The van der Waals surface area contributed by atoms with E-state index in [1.165, 1.54) is 23.3 Å². The number of anilines is 1. The predicted octanol–water partition coefficient (Wildman–Crippen LogP) is 4.34. The zero-order chi connectivity index (χ0) is 18.8. The second-order valence-corrected chi connectivity index (χ2v) is 7.58. The molecule has 1 aliphatic rings. The number of hydrogen-bond acceptors (Lipinski definition) is 7. The number of ether oxygens (including phenoxy) is 2. The van der Waals surface area contributed by atoms with Gasteiger partial charge in [-0.25, -0.2) is 9.97 Å².